The van der Waals surface area contributed by atoms with E-state index in [0.717, 1.165) is 23.9 Å². The lowest BCUT2D eigenvalue weighted by Crippen LogP contribution is -2.31. The number of benzene rings is 1. The molecule has 1 aliphatic rings. The van der Waals surface area contributed by atoms with Crippen molar-refractivity contribution in [2.24, 2.45) is 0 Å². The molecule has 3 nitrogen and oxygen atoms in total. The topological polar surface area (TPSA) is 33.2 Å². The first kappa shape index (κ1) is 13.3. The predicted octanol–water partition coefficient (Wildman–Crippen LogP) is 3.82. The number of carbonyl (C=O) groups is 1. The molecule has 3 rings (SSSR count). The van der Waals surface area contributed by atoms with Crippen LogP contribution in [0.1, 0.15) is 34.9 Å². The number of halogens is 1. The summed E-state index contributed by atoms with van der Waals surface area (Å²) < 4.78 is 1.06. The second-order valence-corrected chi connectivity index (χ2v) is 5.84. The van der Waals surface area contributed by atoms with E-state index in [0.29, 0.717) is 5.69 Å². The molecule has 0 aliphatic carbocycles. The van der Waals surface area contributed by atoms with Gasteiger partial charge in [-0.1, -0.05) is 34.1 Å². The summed E-state index contributed by atoms with van der Waals surface area (Å²) in [6.45, 7) is 0.802. The van der Waals surface area contributed by atoms with Crippen LogP contribution in [0.3, 0.4) is 0 Å². The number of hydrogen-bond donors (Lipinski definition) is 0. The Morgan fingerprint density at radius 2 is 2.00 bits per heavy atom. The van der Waals surface area contributed by atoms with E-state index in [1.807, 2.05) is 29.2 Å². The number of likely N-dealkylation sites (tertiary alicyclic amines) is 1. The van der Waals surface area contributed by atoms with Crippen LogP contribution in [-0.4, -0.2) is 22.3 Å². The lowest BCUT2D eigenvalue weighted by atomic mass is 10.0. The van der Waals surface area contributed by atoms with Crippen molar-refractivity contribution in [3.8, 4) is 0 Å². The summed E-state index contributed by atoms with van der Waals surface area (Å²) in [6, 6.07) is 13.8. The molecule has 1 aromatic carbocycles. The van der Waals surface area contributed by atoms with Crippen LogP contribution in [0.5, 0.6) is 0 Å². The third-order valence-electron chi connectivity index (χ3n) is 3.65. The van der Waals surface area contributed by atoms with Gasteiger partial charge in [0.05, 0.1) is 6.04 Å². The lowest BCUT2D eigenvalue weighted by Gasteiger charge is -2.24. The number of hydrogen-bond acceptors (Lipinski definition) is 2. The van der Waals surface area contributed by atoms with Crippen LogP contribution in [0, 0.1) is 0 Å². The third-order valence-corrected chi connectivity index (χ3v) is 4.18. The summed E-state index contributed by atoms with van der Waals surface area (Å²) in [7, 11) is 0. The Bertz CT molecular complexity index is 598. The van der Waals surface area contributed by atoms with Crippen LogP contribution in [-0.2, 0) is 0 Å². The van der Waals surface area contributed by atoms with Crippen LogP contribution in [0.25, 0.3) is 0 Å². The highest BCUT2D eigenvalue weighted by molar-refractivity contribution is 9.10. The summed E-state index contributed by atoms with van der Waals surface area (Å²) in [5.74, 6) is 0.0241. The summed E-state index contributed by atoms with van der Waals surface area (Å²) >= 11 is 3.44. The molecule has 1 amide bonds. The Morgan fingerprint density at radius 1 is 1.20 bits per heavy atom. The quantitative estimate of drug-likeness (QED) is 0.838. The molecule has 0 saturated carbocycles. The standard InChI is InChI=1S/C16H15BrN2O/c17-13-8-6-12(7-9-13)15-5-3-11-19(15)16(20)14-4-1-2-10-18-14/h1-2,4,6-10,15H,3,5,11H2. The highest BCUT2D eigenvalue weighted by Crippen LogP contribution is 2.33. The minimum Gasteiger partial charge on any atom is -0.330 e. The van der Waals surface area contributed by atoms with Gasteiger partial charge in [-0.25, -0.2) is 0 Å². The molecule has 1 aliphatic heterocycles. The highest BCUT2D eigenvalue weighted by atomic mass is 79.9. The molecule has 0 radical (unpaired) electrons. The van der Waals surface area contributed by atoms with E-state index in [1.165, 1.54) is 5.56 Å². The normalized spacial score (nSPS) is 18.2. The molecular formula is C16H15BrN2O. The number of pyridine rings is 1. The maximum atomic E-state index is 12.6. The number of nitrogens with zero attached hydrogens (tertiary/aromatic N) is 2. The van der Waals surface area contributed by atoms with Crippen LogP contribution in [0.2, 0.25) is 0 Å². The van der Waals surface area contributed by atoms with Crippen LogP contribution in [0.4, 0.5) is 0 Å². The van der Waals surface area contributed by atoms with Crippen molar-refractivity contribution in [2.75, 3.05) is 6.54 Å². The van der Waals surface area contributed by atoms with Crippen molar-refractivity contribution in [1.82, 2.24) is 9.88 Å². The Labute approximate surface area is 126 Å². The molecule has 0 bridgehead atoms. The van der Waals surface area contributed by atoms with E-state index < -0.39 is 0 Å². The zero-order chi connectivity index (χ0) is 13.9. The molecule has 2 aromatic rings. The smallest absolute Gasteiger partial charge is 0.272 e. The van der Waals surface area contributed by atoms with Crippen LogP contribution < -0.4 is 0 Å². The second kappa shape index (κ2) is 5.75. The number of aromatic nitrogens is 1. The molecule has 1 unspecified atom stereocenters. The Morgan fingerprint density at radius 3 is 2.70 bits per heavy atom. The summed E-state index contributed by atoms with van der Waals surface area (Å²) in [4.78, 5) is 18.7. The lowest BCUT2D eigenvalue weighted by molar-refractivity contribution is 0.0729. The van der Waals surface area contributed by atoms with Gasteiger partial charge in [-0.15, -0.1) is 0 Å². The fraction of sp³-hybridized carbons (Fsp3) is 0.250. The monoisotopic (exact) mass is 330 g/mol. The van der Waals surface area contributed by atoms with Crippen molar-refractivity contribution in [3.05, 3.63) is 64.4 Å². The second-order valence-electron chi connectivity index (χ2n) is 4.92. The summed E-state index contributed by atoms with van der Waals surface area (Å²) in [6.07, 6.45) is 3.72. The Hall–Kier alpha value is -1.68. The van der Waals surface area contributed by atoms with E-state index in [1.54, 1.807) is 12.3 Å². The molecule has 102 valence electrons. The van der Waals surface area contributed by atoms with Gasteiger partial charge in [-0.05, 0) is 42.7 Å². The molecule has 4 heteroatoms. The van der Waals surface area contributed by atoms with Gasteiger partial charge in [-0.3, -0.25) is 9.78 Å². The first-order valence-corrected chi connectivity index (χ1v) is 7.52. The molecule has 1 aromatic heterocycles. The molecule has 0 spiro atoms. The summed E-state index contributed by atoms with van der Waals surface area (Å²) in [5.41, 5.74) is 1.71. The average molecular weight is 331 g/mol. The minimum atomic E-state index is 0.0241. The first-order valence-electron chi connectivity index (χ1n) is 6.73. The third kappa shape index (κ3) is 2.61. The SMILES string of the molecule is O=C(c1ccccn1)N1CCCC1c1ccc(Br)cc1. The molecule has 1 atom stereocenters. The van der Waals surface area contributed by atoms with Gasteiger partial charge in [0.25, 0.3) is 5.91 Å². The van der Waals surface area contributed by atoms with Gasteiger partial charge in [0.15, 0.2) is 0 Å². The molecule has 0 N–H and O–H groups in total. The molecule has 20 heavy (non-hydrogen) atoms. The van der Waals surface area contributed by atoms with Crippen molar-refractivity contribution in [1.29, 1.82) is 0 Å². The molecule has 2 heterocycles. The summed E-state index contributed by atoms with van der Waals surface area (Å²) in [5, 5.41) is 0. The fourth-order valence-corrected chi connectivity index (χ4v) is 2.94. The number of amides is 1. The van der Waals surface area contributed by atoms with Crippen LogP contribution >= 0.6 is 15.9 Å². The van der Waals surface area contributed by atoms with Gasteiger partial charge in [-0.2, -0.15) is 0 Å². The van der Waals surface area contributed by atoms with E-state index in [-0.39, 0.29) is 11.9 Å². The maximum Gasteiger partial charge on any atom is 0.272 e. The average Bonchev–Trinajstić information content (AvgIpc) is 2.97. The van der Waals surface area contributed by atoms with Gasteiger partial charge in [0.2, 0.25) is 0 Å². The zero-order valence-corrected chi connectivity index (χ0v) is 12.6. The van der Waals surface area contributed by atoms with Gasteiger partial charge in [0, 0.05) is 17.2 Å². The van der Waals surface area contributed by atoms with E-state index in [9.17, 15) is 4.79 Å². The van der Waals surface area contributed by atoms with E-state index in [4.69, 9.17) is 0 Å². The van der Waals surface area contributed by atoms with Crippen LogP contribution in [0.15, 0.2) is 53.1 Å². The molecular weight excluding hydrogens is 316 g/mol. The first-order chi connectivity index (χ1) is 9.75. The largest absolute Gasteiger partial charge is 0.330 e. The Balaban J connectivity index is 1.86. The highest BCUT2D eigenvalue weighted by Gasteiger charge is 2.30. The van der Waals surface area contributed by atoms with E-state index >= 15 is 0 Å². The van der Waals surface area contributed by atoms with Crippen molar-refractivity contribution in [2.45, 2.75) is 18.9 Å². The zero-order valence-electron chi connectivity index (χ0n) is 11.0. The number of carbonyl (C=O) groups excluding carboxylic acids is 1. The van der Waals surface area contributed by atoms with Gasteiger partial charge >= 0.3 is 0 Å². The predicted molar refractivity (Wildman–Crippen MR) is 81.4 cm³/mol. The minimum absolute atomic E-state index is 0.0241. The molecule has 1 saturated heterocycles. The maximum absolute atomic E-state index is 12.6. The number of rotatable bonds is 2. The van der Waals surface area contributed by atoms with Crippen molar-refractivity contribution >= 4 is 21.8 Å². The molecule has 1 fully saturated rings. The fourth-order valence-electron chi connectivity index (χ4n) is 2.68. The Kier molecular flexibility index (Phi) is 3.83. The van der Waals surface area contributed by atoms with Crippen molar-refractivity contribution in [3.63, 3.8) is 0 Å². The van der Waals surface area contributed by atoms with Gasteiger partial charge < -0.3 is 4.90 Å². The van der Waals surface area contributed by atoms with E-state index in [2.05, 4.69) is 33.0 Å². The van der Waals surface area contributed by atoms with Gasteiger partial charge in [0.1, 0.15) is 5.69 Å². The van der Waals surface area contributed by atoms with Crippen molar-refractivity contribution < 1.29 is 4.79 Å².